The molecule has 3 N–H and O–H groups in total. The number of anilines is 3. The number of amides is 4. The van der Waals surface area contributed by atoms with Crippen molar-refractivity contribution in [3.8, 4) is 0 Å². The Hall–Kier alpha value is -3.35. The first-order valence-electron chi connectivity index (χ1n) is 8.84. The molecule has 0 radical (unpaired) electrons. The van der Waals surface area contributed by atoms with Gasteiger partial charge in [-0.2, -0.15) is 0 Å². The van der Waals surface area contributed by atoms with Crippen LogP contribution < -0.4 is 20.9 Å². The highest BCUT2D eigenvalue weighted by atomic mass is 16.2. The number of aryl methyl sites for hydroxylation is 1. The average Bonchev–Trinajstić information content (AvgIpc) is 2.66. The molecular weight excluding hydrogens is 344 g/mol. The summed E-state index contributed by atoms with van der Waals surface area (Å²) in [6.07, 6.45) is 0.802. The van der Waals surface area contributed by atoms with E-state index in [0.29, 0.717) is 30.8 Å². The van der Waals surface area contributed by atoms with Crippen molar-refractivity contribution in [1.29, 1.82) is 0 Å². The van der Waals surface area contributed by atoms with E-state index in [-0.39, 0.29) is 24.4 Å². The maximum absolute atomic E-state index is 12.4. The van der Waals surface area contributed by atoms with Crippen molar-refractivity contribution in [2.75, 3.05) is 28.6 Å². The van der Waals surface area contributed by atoms with Gasteiger partial charge in [0, 0.05) is 18.7 Å². The summed E-state index contributed by atoms with van der Waals surface area (Å²) in [6.45, 7) is 2.25. The molecule has 1 heterocycles. The number of fused-ring (bicyclic) bond motifs is 1. The number of nitrogens with one attached hydrogen (secondary N) is 3. The van der Waals surface area contributed by atoms with Crippen LogP contribution in [0.1, 0.15) is 18.4 Å². The van der Waals surface area contributed by atoms with Gasteiger partial charge < -0.3 is 16.0 Å². The molecule has 0 aromatic heterocycles. The second-order valence-electron chi connectivity index (χ2n) is 6.35. The molecular formula is C20H22N4O3. The van der Waals surface area contributed by atoms with Gasteiger partial charge in [-0.3, -0.25) is 14.5 Å². The molecule has 1 aliphatic rings. The topological polar surface area (TPSA) is 90.5 Å². The van der Waals surface area contributed by atoms with E-state index in [4.69, 9.17) is 0 Å². The van der Waals surface area contributed by atoms with E-state index in [9.17, 15) is 14.4 Å². The van der Waals surface area contributed by atoms with E-state index in [0.717, 1.165) is 11.3 Å². The first-order chi connectivity index (χ1) is 13.0. The minimum Gasteiger partial charge on any atom is -0.338 e. The molecule has 0 bridgehead atoms. The van der Waals surface area contributed by atoms with E-state index in [1.165, 1.54) is 4.90 Å². The number of rotatable bonds is 5. The molecule has 1 aliphatic heterocycles. The molecule has 0 saturated heterocycles. The van der Waals surface area contributed by atoms with Gasteiger partial charge in [-0.1, -0.05) is 30.3 Å². The van der Waals surface area contributed by atoms with Crippen molar-refractivity contribution in [2.45, 2.75) is 19.8 Å². The summed E-state index contributed by atoms with van der Waals surface area (Å²) in [5, 5.41) is 8.38. The molecule has 0 saturated carbocycles. The van der Waals surface area contributed by atoms with Crippen LogP contribution in [0.25, 0.3) is 0 Å². The van der Waals surface area contributed by atoms with Gasteiger partial charge in [-0.15, -0.1) is 0 Å². The monoisotopic (exact) mass is 366 g/mol. The lowest BCUT2D eigenvalue weighted by molar-refractivity contribution is -0.116. The summed E-state index contributed by atoms with van der Waals surface area (Å²) < 4.78 is 0. The number of nitrogens with zero attached hydrogens (tertiary/aromatic N) is 1. The Morgan fingerprint density at radius 1 is 1.11 bits per heavy atom. The molecule has 2 aromatic rings. The van der Waals surface area contributed by atoms with Crippen LogP contribution in [0.2, 0.25) is 0 Å². The highest BCUT2D eigenvalue weighted by Gasteiger charge is 2.26. The SMILES string of the molecule is Cc1ccccc1NC(=O)CCCNC(=O)N1CC(=O)Nc2ccccc21. The minimum absolute atomic E-state index is 0.0311. The van der Waals surface area contributed by atoms with Crippen LogP contribution in [0.5, 0.6) is 0 Å². The number of carbonyl (C=O) groups excluding carboxylic acids is 3. The number of hydrogen-bond acceptors (Lipinski definition) is 3. The third-order valence-corrected chi connectivity index (χ3v) is 4.29. The van der Waals surface area contributed by atoms with Crippen molar-refractivity contribution in [2.24, 2.45) is 0 Å². The van der Waals surface area contributed by atoms with Gasteiger partial charge in [0.25, 0.3) is 0 Å². The Kier molecular flexibility index (Phi) is 5.71. The summed E-state index contributed by atoms with van der Waals surface area (Å²) in [5.41, 5.74) is 3.07. The quantitative estimate of drug-likeness (QED) is 0.711. The maximum Gasteiger partial charge on any atom is 0.322 e. The van der Waals surface area contributed by atoms with Crippen molar-refractivity contribution in [1.82, 2.24) is 5.32 Å². The molecule has 7 heteroatoms. The zero-order valence-electron chi connectivity index (χ0n) is 15.1. The van der Waals surface area contributed by atoms with Crippen LogP contribution in [0, 0.1) is 6.92 Å². The highest BCUT2D eigenvalue weighted by molar-refractivity contribution is 6.09. The molecule has 7 nitrogen and oxygen atoms in total. The summed E-state index contributed by atoms with van der Waals surface area (Å²) in [4.78, 5) is 37.6. The molecule has 0 fully saturated rings. The van der Waals surface area contributed by atoms with Gasteiger partial charge in [0.1, 0.15) is 6.54 Å². The Balaban J connectivity index is 1.47. The van der Waals surface area contributed by atoms with E-state index in [1.807, 2.05) is 37.3 Å². The minimum atomic E-state index is -0.350. The number of carbonyl (C=O) groups is 3. The predicted molar refractivity (Wildman–Crippen MR) is 105 cm³/mol. The Labute approximate surface area is 157 Å². The standard InChI is InChI=1S/C20H22N4O3/c1-14-7-2-3-8-15(14)22-18(25)11-6-12-21-20(27)24-13-19(26)23-16-9-4-5-10-17(16)24/h2-5,7-10H,6,11-13H2,1H3,(H,21,27)(H,22,25)(H,23,26). The summed E-state index contributed by atoms with van der Waals surface area (Å²) in [6, 6.07) is 14.4. The lowest BCUT2D eigenvalue weighted by Gasteiger charge is -2.29. The number of urea groups is 1. The molecule has 2 aromatic carbocycles. The fraction of sp³-hybridized carbons (Fsp3) is 0.250. The van der Waals surface area contributed by atoms with Crippen molar-refractivity contribution >= 4 is 34.9 Å². The fourth-order valence-electron chi connectivity index (χ4n) is 2.88. The van der Waals surface area contributed by atoms with Crippen LogP contribution in [0.4, 0.5) is 21.9 Å². The number of benzene rings is 2. The molecule has 0 aliphatic carbocycles. The van der Waals surface area contributed by atoms with Gasteiger partial charge >= 0.3 is 6.03 Å². The second kappa shape index (κ2) is 8.35. The van der Waals surface area contributed by atoms with Crippen LogP contribution in [-0.2, 0) is 9.59 Å². The Morgan fingerprint density at radius 2 is 1.85 bits per heavy atom. The third kappa shape index (κ3) is 4.63. The molecule has 0 spiro atoms. The van der Waals surface area contributed by atoms with Crippen LogP contribution in [0.15, 0.2) is 48.5 Å². The van der Waals surface area contributed by atoms with E-state index in [1.54, 1.807) is 18.2 Å². The molecule has 3 rings (SSSR count). The van der Waals surface area contributed by atoms with Gasteiger partial charge in [0.2, 0.25) is 11.8 Å². The van der Waals surface area contributed by atoms with Crippen molar-refractivity contribution < 1.29 is 14.4 Å². The largest absolute Gasteiger partial charge is 0.338 e. The predicted octanol–water partition coefficient (Wildman–Crippen LogP) is 2.88. The van der Waals surface area contributed by atoms with Crippen LogP contribution in [0.3, 0.4) is 0 Å². The van der Waals surface area contributed by atoms with E-state index in [2.05, 4.69) is 16.0 Å². The first kappa shape index (κ1) is 18.4. The normalized spacial score (nSPS) is 12.8. The lowest BCUT2D eigenvalue weighted by Crippen LogP contribution is -2.47. The molecule has 27 heavy (non-hydrogen) atoms. The summed E-state index contributed by atoms with van der Waals surface area (Å²) in [5.74, 6) is -0.331. The van der Waals surface area contributed by atoms with Crippen LogP contribution >= 0.6 is 0 Å². The van der Waals surface area contributed by atoms with Crippen molar-refractivity contribution in [3.05, 3.63) is 54.1 Å². The Morgan fingerprint density at radius 3 is 2.67 bits per heavy atom. The lowest BCUT2D eigenvalue weighted by atomic mass is 10.2. The van der Waals surface area contributed by atoms with Crippen molar-refractivity contribution in [3.63, 3.8) is 0 Å². The smallest absolute Gasteiger partial charge is 0.322 e. The van der Waals surface area contributed by atoms with E-state index >= 15 is 0 Å². The molecule has 4 amide bonds. The molecule has 140 valence electrons. The average molecular weight is 366 g/mol. The van der Waals surface area contributed by atoms with Gasteiger partial charge in [-0.25, -0.2) is 4.79 Å². The van der Waals surface area contributed by atoms with Crippen LogP contribution in [-0.4, -0.2) is 30.9 Å². The van der Waals surface area contributed by atoms with Gasteiger partial charge in [0.05, 0.1) is 11.4 Å². The first-order valence-corrected chi connectivity index (χ1v) is 8.84. The third-order valence-electron chi connectivity index (χ3n) is 4.29. The molecule has 0 unspecified atom stereocenters. The summed E-state index contributed by atoms with van der Waals surface area (Å²) in [7, 11) is 0. The second-order valence-corrected chi connectivity index (χ2v) is 6.35. The number of hydrogen-bond donors (Lipinski definition) is 3. The number of para-hydroxylation sites is 3. The molecule has 0 atom stereocenters. The zero-order valence-corrected chi connectivity index (χ0v) is 15.1. The fourth-order valence-corrected chi connectivity index (χ4v) is 2.88. The van der Waals surface area contributed by atoms with Gasteiger partial charge in [-0.05, 0) is 37.1 Å². The van der Waals surface area contributed by atoms with Gasteiger partial charge in [0.15, 0.2) is 0 Å². The van der Waals surface area contributed by atoms with E-state index < -0.39 is 0 Å². The zero-order chi connectivity index (χ0) is 19.2. The maximum atomic E-state index is 12.4. The summed E-state index contributed by atoms with van der Waals surface area (Å²) >= 11 is 0. The Bertz CT molecular complexity index is 866. The highest BCUT2D eigenvalue weighted by Crippen LogP contribution is 2.28.